The van der Waals surface area contributed by atoms with Crippen LogP contribution in [0.25, 0.3) is 21.6 Å². The number of aryl methyl sites for hydroxylation is 1. The molecule has 2 aliphatic heterocycles. The number of anilines is 2. The van der Waals surface area contributed by atoms with Crippen LogP contribution in [0.2, 0.25) is 0 Å². The molecule has 5 amide bonds. The number of aliphatic hydroxyl groups excluding tert-OH is 1. The number of aromatic amines is 1. The molecule has 2 aliphatic rings. The summed E-state index contributed by atoms with van der Waals surface area (Å²) in [6.45, 7) is 12.9. The average molecular weight is 1090 g/mol. The Morgan fingerprint density at radius 1 is 0.870 bits per heavy atom. The molecule has 2 saturated heterocycles. The van der Waals surface area contributed by atoms with E-state index in [4.69, 9.17) is 0 Å². The molecule has 21 heteroatoms. The molecule has 0 saturated carbocycles. The summed E-state index contributed by atoms with van der Waals surface area (Å²) in [6, 6.07) is 14.9. The number of rotatable bonds is 18. The number of pyridine rings is 1. The predicted octanol–water partition coefficient (Wildman–Crippen LogP) is 7.90. The maximum atomic E-state index is 15.6. The lowest BCUT2D eigenvalue weighted by Crippen LogP contribution is -2.57. The number of carbonyl (C=O) groups is 5. The predicted molar refractivity (Wildman–Crippen MR) is 288 cm³/mol. The molecule has 3 aromatic carbocycles. The molecular weight excluding hydrogens is 1020 g/mol. The average Bonchev–Trinajstić information content (AvgIpc) is 4.01. The number of unbranched alkanes of at least 4 members (excludes halogenated alkanes) is 3. The molecule has 1 unspecified atom stereocenters. The van der Waals surface area contributed by atoms with Crippen LogP contribution in [0.3, 0.4) is 0 Å². The second-order valence-electron chi connectivity index (χ2n) is 21.1. The Hall–Kier alpha value is -6.97. The maximum absolute atomic E-state index is 15.6. The van der Waals surface area contributed by atoms with Crippen LogP contribution in [0.15, 0.2) is 83.2 Å². The largest absolute Gasteiger partial charge is 0.417 e. The highest BCUT2D eigenvalue weighted by atomic mass is 32.1. The van der Waals surface area contributed by atoms with Gasteiger partial charge in [0, 0.05) is 81.0 Å². The summed E-state index contributed by atoms with van der Waals surface area (Å²) in [4.78, 5) is 92.8. The first-order valence-corrected chi connectivity index (χ1v) is 26.6. The van der Waals surface area contributed by atoms with Crippen molar-refractivity contribution in [1.29, 1.82) is 0 Å². The number of hydrogen-bond acceptors (Lipinski definition) is 11. The van der Waals surface area contributed by atoms with Gasteiger partial charge in [0.25, 0.3) is 11.8 Å². The third-order valence-electron chi connectivity index (χ3n) is 14.3. The smallest absolute Gasteiger partial charge is 0.391 e. The van der Waals surface area contributed by atoms with E-state index in [1.54, 1.807) is 29.0 Å². The summed E-state index contributed by atoms with van der Waals surface area (Å²) in [5.74, 6) is -3.51. The minimum absolute atomic E-state index is 0.00748. The number of carbonyl (C=O) groups excluding carboxylic acids is 5. The lowest BCUT2D eigenvalue weighted by molar-refractivity contribution is -0.144. The lowest BCUT2D eigenvalue weighted by atomic mass is 9.85. The van der Waals surface area contributed by atoms with Gasteiger partial charge in [0.2, 0.25) is 23.3 Å². The van der Waals surface area contributed by atoms with Gasteiger partial charge < -0.3 is 41.2 Å². The second-order valence-corrected chi connectivity index (χ2v) is 22.0. The fraction of sp³-hybridized carbons (Fsp3) is 0.446. The summed E-state index contributed by atoms with van der Waals surface area (Å²) < 4.78 is 57.6. The molecule has 0 radical (unpaired) electrons. The Balaban J connectivity index is 0.912. The molecule has 0 aliphatic carbocycles. The van der Waals surface area contributed by atoms with E-state index in [9.17, 15) is 47.0 Å². The second kappa shape index (κ2) is 24.6. The standard InChI is InChI=1S/C56H67F4N9O7S/c1-32-28-68(29-33(2)67(32)7)45-20-18-37(23-44(45)65-52(74)41-27-62-48(72)25-42(41)56(58,59)60)40-22-38(17-19-43(40)57)51(73)61-21-11-9-8-10-12-47(71)66-50(55(4,5)6)54(76)69-30-39(70)24-46(69)53(75)63-26-35-13-15-36(16-14-35)49-34(3)64-31-77-49/h13-20,22-23,25,27,31-33,39,46,50,70H,8-12,21,24,26,28-30H2,1-7H3,(H,61,73)(H,62,72)(H,63,75)(H,65,74)(H,66,71)/t32-,33+,39-,46+,50?/m1/s1. The van der Waals surface area contributed by atoms with Crippen molar-refractivity contribution in [1.82, 2.24) is 35.7 Å². The van der Waals surface area contributed by atoms with Crippen molar-refractivity contribution in [3.63, 3.8) is 0 Å². The molecule has 0 bridgehead atoms. The summed E-state index contributed by atoms with van der Waals surface area (Å²) in [5, 5.41) is 21.9. The molecule has 0 spiro atoms. The molecule has 2 aromatic heterocycles. The highest BCUT2D eigenvalue weighted by Gasteiger charge is 2.44. The number of aliphatic hydroxyl groups is 1. The van der Waals surface area contributed by atoms with Gasteiger partial charge in [0.1, 0.15) is 17.9 Å². The van der Waals surface area contributed by atoms with E-state index in [1.807, 2.05) is 77.8 Å². The Kier molecular flexibility index (Phi) is 18.4. The zero-order chi connectivity index (χ0) is 55.9. The number of benzene rings is 3. The first-order chi connectivity index (χ1) is 36.4. The number of likely N-dealkylation sites (N-methyl/N-ethyl adjacent to an activating group) is 1. The molecule has 5 atom stereocenters. The Morgan fingerprint density at radius 3 is 2.22 bits per heavy atom. The van der Waals surface area contributed by atoms with Crippen LogP contribution in [0, 0.1) is 18.2 Å². The van der Waals surface area contributed by atoms with Crippen molar-refractivity contribution in [3.8, 4) is 21.6 Å². The van der Waals surface area contributed by atoms with E-state index < -0.39 is 75.9 Å². The van der Waals surface area contributed by atoms with Crippen molar-refractivity contribution < 1.29 is 46.6 Å². The van der Waals surface area contributed by atoms with Gasteiger partial charge in [0.05, 0.1) is 44.7 Å². The van der Waals surface area contributed by atoms with Gasteiger partial charge >= 0.3 is 6.18 Å². The third kappa shape index (κ3) is 14.3. The molecule has 16 nitrogen and oxygen atoms in total. The highest BCUT2D eigenvalue weighted by molar-refractivity contribution is 7.13. The Morgan fingerprint density at radius 2 is 1.56 bits per heavy atom. The van der Waals surface area contributed by atoms with E-state index in [-0.39, 0.29) is 72.8 Å². The number of amides is 5. The Labute approximate surface area is 449 Å². The number of nitrogens with zero attached hydrogens (tertiary/aromatic N) is 4. The molecule has 2 fully saturated rings. The van der Waals surface area contributed by atoms with Gasteiger partial charge in [-0.2, -0.15) is 13.2 Å². The number of β-amino-alcohol motifs (C(OH)–C–C–N with tert-alkyl or cyclic N) is 1. The van der Waals surface area contributed by atoms with Crippen LogP contribution in [0.4, 0.5) is 28.9 Å². The minimum Gasteiger partial charge on any atom is -0.391 e. The Bertz CT molecular complexity index is 3000. The molecule has 6 N–H and O–H groups in total. The molecule has 5 aromatic rings. The van der Waals surface area contributed by atoms with Crippen LogP contribution in [0.1, 0.15) is 111 Å². The number of alkyl halides is 3. The van der Waals surface area contributed by atoms with Crippen LogP contribution >= 0.6 is 11.3 Å². The summed E-state index contributed by atoms with van der Waals surface area (Å²) >= 11 is 1.55. The van der Waals surface area contributed by atoms with E-state index in [0.717, 1.165) is 27.8 Å². The fourth-order valence-corrected chi connectivity index (χ4v) is 10.5. The van der Waals surface area contributed by atoms with Gasteiger partial charge in [-0.15, -0.1) is 11.3 Å². The molecular formula is C56H67F4N9O7S. The van der Waals surface area contributed by atoms with Crippen LogP contribution in [-0.2, 0) is 27.1 Å². The number of nitrogens with one attached hydrogen (secondary N) is 5. The van der Waals surface area contributed by atoms with Crippen LogP contribution < -0.4 is 31.7 Å². The van der Waals surface area contributed by atoms with Crippen molar-refractivity contribution in [2.45, 2.75) is 123 Å². The fourth-order valence-electron chi connectivity index (χ4n) is 9.73. The maximum Gasteiger partial charge on any atom is 0.417 e. The summed E-state index contributed by atoms with van der Waals surface area (Å²) in [6.07, 6.45) is -2.69. The van der Waals surface area contributed by atoms with E-state index in [2.05, 4.69) is 36.1 Å². The number of hydrogen-bond donors (Lipinski definition) is 6. The van der Waals surface area contributed by atoms with Gasteiger partial charge in [-0.1, -0.05) is 63.9 Å². The van der Waals surface area contributed by atoms with Gasteiger partial charge in [-0.25, -0.2) is 9.37 Å². The molecule has 4 heterocycles. The van der Waals surface area contributed by atoms with Crippen molar-refractivity contribution in [3.05, 3.63) is 123 Å². The number of thiazole rings is 1. The summed E-state index contributed by atoms with van der Waals surface area (Å²) in [5.41, 5.74) is 1.61. The first-order valence-electron chi connectivity index (χ1n) is 25.7. The van der Waals surface area contributed by atoms with Crippen LogP contribution in [-0.4, -0.2) is 118 Å². The topological polar surface area (TPSA) is 209 Å². The first kappa shape index (κ1) is 57.7. The van der Waals surface area contributed by atoms with Crippen molar-refractivity contribution in [2.75, 3.05) is 43.4 Å². The highest BCUT2D eigenvalue weighted by Crippen LogP contribution is 2.37. The molecule has 77 heavy (non-hydrogen) atoms. The van der Waals surface area contributed by atoms with Crippen molar-refractivity contribution in [2.24, 2.45) is 5.41 Å². The van der Waals surface area contributed by atoms with E-state index in [0.29, 0.717) is 56.7 Å². The zero-order valence-corrected chi connectivity index (χ0v) is 45.1. The van der Waals surface area contributed by atoms with Crippen molar-refractivity contribution >= 4 is 52.2 Å². The molecule has 412 valence electrons. The van der Waals surface area contributed by atoms with E-state index in [1.165, 1.54) is 23.1 Å². The number of halogens is 4. The number of H-pyrrole nitrogens is 1. The van der Waals surface area contributed by atoms with Gasteiger partial charge in [0.15, 0.2) is 0 Å². The zero-order valence-electron chi connectivity index (χ0n) is 44.3. The molecule has 7 rings (SSSR count). The lowest BCUT2D eigenvalue weighted by Gasteiger charge is -2.44. The van der Waals surface area contributed by atoms with E-state index >= 15 is 4.39 Å². The van der Waals surface area contributed by atoms with Crippen LogP contribution in [0.5, 0.6) is 0 Å². The summed E-state index contributed by atoms with van der Waals surface area (Å²) in [7, 11) is 1.98. The van der Waals surface area contributed by atoms with Gasteiger partial charge in [-0.05, 0) is 93.1 Å². The quantitative estimate of drug-likeness (QED) is 0.0369. The SMILES string of the molecule is Cc1ncsc1-c1ccc(CNC(=O)[C@@H]2C[C@@H](O)CN2C(=O)C(NC(=O)CCCCCCNC(=O)c2ccc(F)c(-c3ccc(N4C[C@@H](C)N(C)[C@@H](C)C4)c(NC(=O)c4c[nH]c(=O)cc4C(F)(F)F)c3)c2)C(C)(C)C)cc1. The number of likely N-dealkylation sites (tertiary alicyclic amines) is 1. The number of aromatic nitrogens is 2. The number of piperazine rings is 1. The monoisotopic (exact) mass is 1090 g/mol. The normalized spacial score (nSPS) is 18.4. The third-order valence-corrected chi connectivity index (χ3v) is 15.3. The van der Waals surface area contributed by atoms with Gasteiger partial charge in [-0.3, -0.25) is 33.7 Å². The minimum atomic E-state index is -5.01.